The first-order valence-corrected chi connectivity index (χ1v) is 7.19. The minimum absolute atomic E-state index is 0.000668. The summed E-state index contributed by atoms with van der Waals surface area (Å²) in [7, 11) is 0. The van der Waals surface area contributed by atoms with Crippen molar-refractivity contribution in [3.8, 4) is 5.75 Å². The molecule has 0 aliphatic heterocycles. The van der Waals surface area contributed by atoms with Gasteiger partial charge >= 0.3 is 0 Å². The van der Waals surface area contributed by atoms with Gasteiger partial charge in [0.2, 0.25) is 5.91 Å². The zero-order valence-electron chi connectivity index (χ0n) is 11.7. The van der Waals surface area contributed by atoms with Crippen molar-refractivity contribution in [2.24, 2.45) is 28.6 Å². The molecule has 0 radical (unpaired) electrons. The highest BCUT2D eigenvalue weighted by molar-refractivity contribution is 5.95. The highest BCUT2D eigenvalue weighted by Crippen LogP contribution is 2.57. The molecule has 4 N–H and O–H groups in total. The van der Waals surface area contributed by atoms with E-state index in [1.807, 2.05) is 6.07 Å². The van der Waals surface area contributed by atoms with Crippen molar-refractivity contribution >= 4 is 17.4 Å². The van der Waals surface area contributed by atoms with E-state index in [2.05, 4.69) is 10.5 Å². The van der Waals surface area contributed by atoms with Gasteiger partial charge in [0.05, 0.1) is 0 Å². The largest absolute Gasteiger partial charge is 0.485 e. The van der Waals surface area contributed by atoms with Gasteiger partial charge in [0.25, 0.3) is 0 Å². The maximum Gasteiger partial charge on any atom is 0.228 e. The maximum atomic E-state index is 12.2. The van der Waals surface area contributed by atoms with E-state index in [0.717, 1.165) is 0 Å². The Balaban J connectivity index is 1.57. The van der Waals surface area contributed by atoms with Gasteiger partial charge in [0.15, 0.2) is 5.84 Å². The topological polar surface area (TPSA) is 96.9 Å². The summed E-state index contributed by atoms with van der Waals surface area (Å²) in [6.07, 6.45) is 3.63. The van der Waals surface area contributed by atoms with Crippen molar-refractivity contribution in [3.05, 3.63) is 24.3 Å². The number of fused-ring (bicyclic) bond motifs is 1. The van der Waals surface area contributed by atoms with Gasteiger partial charge in [0.1, 0.15) is 12.4 Å². The van der Waals surface area contributed by atoms with Gasteiger partial charge in [-0.2, -0.15) is 0 Å². The number of hydrogen-bond acceptors (Lipinski definition) is 4. The summed E-state index contributed by atoms with van der Waals surface area (Å²) in [6.45, 7) is 0.000668. The molecule has 0 spiro atoms. The summed E-state index contributed by atoms with van der Waals surface area (Å²) >= 11 is 0. The van der Waals surface area contributed by atoms with Crippen LogP contribution in [-0.4, -0.2) is 23.6 Å². The lowest BCUT2D eigenvalue weighted by Crippen LogP contribution is -2.21. The molecule has 21 heavy (non-hydrogen) atoms. The molecule has 2 fully saturated rings. The molecule has 112 valence electrons. The lowest BCUT2D eigenvalue weighted by Gasteiger charge is -2.09. The molecule has 2 aliphatic carbocycles. The number of amides is 1. The molecule has 6 nitrogen and oxygen atoms in total. The first kappa shape index (κ1) is 13.7. The van der Waals surface area contributed by atoms with Crippen LogP contribution >= 0.6 is 0 Å². The number of benzene rings is 1. The third-order valence-electron chi connectivity index (χ3n) is 4.33. The van der Waals surface area contributed by atoms with Gasteiger partial charge in [-0.3, -0.25) is 4.79 Å². The lowest BCUT2D eigenvalue weighted by molar-refractivity contribution is -0.118. The number of nitrogens with zero attached hydrogens (tertiary/aromatic N) is 1. The van der Waals surface area contributed by atoms with Crippen LogP contribution < -0.4 is 15.8 Å². The second-order valence-corrected chi connectivity index (χ2v) is 5.68. The number of carbonyl (C=O) groups is 1. The van der Waals surface area contributed by atoms with E-state index in [4.69, 9.17) is 15.7 Å². The first-order chi connectivity index (χ1) is 10.2. The second kappa shape index (κ2) is 5.63. The monoisotopic (exact) mass is 289 g/mol. The Morgan fingerprint density at radius 3 is 2.90 bits per heavy atom. The Morgan fingerprint density at radius 2 is 2.19 bits per heavy atom. The smallest absolute Gasteiger partial charge is 0.228 e. The Bertz CT molecular complexity index is 563. The molecule has 1 amide bonds. The van der Waals surface area contributed by atoms with E-state index < -0.39 is 0 Å². The van der Waals surface area contributed by atoms with Gasteiger partial charge in [0, 0.05) is 17.7 Å². The molecular formula is C15H19N3O3. The zero-order chi connectivity index (χ0) is 14.8. The van der Waals surface area contributed by atoms with E-state index >= 15 is 0 Å². The summed E-state index contributed by atoms with van der Waals surface area (Å²) in [6, 6.07) is 7.12. The van der Waals surface area contributed by atoms with Crippen molar-refractivity contribution in [2.75, 3.05) is 11.9 Å². The summed E-state index contributed by atoms with van der Waals surface area (Å²) in [5, 5.41) is 14.2. The highest BCUT2D eigenvalue weighted by atomic mass is 16.5. The van der Waals surface area contributed by atoms with Gasteiger partial charge in [-0.1, -0.05) is 17.6 Å². The number of ether oxygens (including phenoxy) is 1. The predicted octanol–water partition coefficient (Wildman–Crippen LogP) is 1.80. The van der Waals surface area contributed by atoms with Gasteiger partial charge in [-0.05, 0) is 36.8 Å². The molecule has 2 atom stereocenters. The van der Waals surface area contributed by atoms with Crippen molar-refractivity contribution in [3.63, 3.8) is 0 Å². The third kappa shape index (κ3) is 2.94. The van der Waals surface area contributed by atoms with E-state index in [1.165, 1.54) is 19.3 Å². The van der Waals surface area contributed by atoms with Crippen LogP contribution in [0, 0.1) is 17.8 Å². The average Bonchev–Trinajstić information content (AvgIpc) is 2.99. The lowest BCUT2D eigenvalue weighted by atomic mass is 10.1. The molecule has 3 rings (SSSR count). The standard InChI is InChI=1S/C15H19N3O3/c16-13(18-20)8-21-10-4-1-3-9(7-10)17-15(19)14-11-5-2-6-12(11)14/h1,3-4,7,11-12,14,20H,2,5-6,8H2,(H2,16,18)(H,17,19). The Morgan fingerprint density at radius 1 is 1.43 bits per heavy atom. The molecule has 2 saturated carbocycles. The molecule has 1 aromatic rings. The Hall–Kier alpha value is -2.24. The van der Waals surface area contributed by atoms with E-state index in [9.17, 15) is 4.79 Å². The van der Waals surface area contributed by atoms with Crippen molar-refractivity contribution in [1.82, 2.24) is 0 Å². The number of amidine groups is 1. The molecule has 0 heterocycles. The third-order valence-corrected chi connectivity index (χ3v) is 4.33. The van der Waals surface area contributed by atoms with Crippen molar-refractivity contribution < 1.29 is 14.7 Å². The average molecular weight is 289 g/mol. The quantitative estimate of drug-likeness (QED) is 0.333. The fraction of sp³-hybridized carbons (Fsp3) is 0.467. The molecule has 1 aromatic carbocycles. The SMILES string of the molecule is N/C(COc1cccc(NC(=O)C2C3CCCC32)c1)=N/O. The highest BCUT2D eigenvalue weighted by Gasteiger charge is 2.56. The first-order valence-electron chi connectivity index (χ1n) is 7.19. The summed E-state index contributed by atoms with van der Waals surface area (Å²) in [4.78, 5) is 12.2. The predicted molar refractivity (Wildman–Crippen MR) is 78.3 cm³/mol. The number of anilines is 1. The molecule has 6 heteroatoms. The van der Waals surface area contributed by atoms with Gasteiger partial charge in [-0.25, -0.2) is 0 Å². The molecule has 0 aromatic heterocycles. The van der Waals surface area contributed by atoms with E-state index in [0.29, 0.717) is 23.3 Å². The van der Waals surface area contributed by atoms with Gasteiger partial charge < -0.3 is 21.0 Å². The van der Waals surface area contributed by atoms with E-state index in [-0.39, 0.29) is 24.3 Å². The number of rotatable bonds is 5. The number of carbonyl (C=O) groups excluding carboxylic acids is 1. The number of nitrogens with one attached hydrogen (secondary N) is 1. The summed E-state index contributed by atoms with van der Waals surface area (Å²) in [5.41, 5.74) is 6.06. The maximum absolute atomic E-state index is 12.2. The van der Waals surface area contributed by atoms with Crippen LogP contribution in [0.2, 0.25) is 0 Å². The molecule has 0 bridgehead atoms. The van der Waals surface area contributed by atoms with Crippen LogP contribution in [0.15, 0.2) is 29.4 Å². The normalized spacial score (nSPS) is 27.0. The van der Waals surface area contributed by atoms with Crippen molar-refractivity contribution in [2.45, 2.75) is 19.3 Å². The van der Waals surface area contributed by atoms with E-state index in [1.54, 1.807) is 18.2 Å². The molecule has 0 saturated heterocycles. The van der Waals surface area contributed by atoms with Crippen LogP contribution in [0.1, 0.15) is 19.3 Å². The van der Waals surface area contributed by atoms with Crippen LogP contribution in [-0.2, 0) is 4.79 Å². The van der Waals surface area contributed by atoms with Crippen LogP contribution in [0.25, 0.3) is 0 Å². The van der Waals surface area contributed by atoms with Crippen molar-refractivity contribution in [1.29, 1.82) is 0 Å². The molecular weight excluding hydrogens is 270 g/mol. The second-order valence-electron chi connectivity index (χ2n) is 5.68. The van der Waals surface area contributed by atoms with Gasteiger partial charge in [-0.15, -0.1) is 0 Å². The summed E-state index contributed by atoms with van der Waals surface area (Å²) < 4.78 is 5.36. The zero-order valence-corrected chi connectivity index (χ0v) is 11.7. The fourth-order valence-corrected chi connectivity index (χ4v) is 3.29. The van der Waals surface area contributed by atoms with Crippen LogP contribution in [0.5, 0.6) is 5.75 Å². The summed E-state index contributed by atoms with van der Waals surface area (Å²) in [5.74, 6) is 2.07. The molecule has 2 unspecified atom stereocenters. The Labute approximate surface area is 123 Å². The number of nitrogens with two attached hydrogens (primary N) is 1. The fourth-order valence-electron chi connectivity index (χ4n) is 3.29. The number of oxime groups is 1. The van der Waals surface area contributed by atoms with Crippen LogP contribution in [0.4, 0.5) is 5.69 Å². The molecule has 2 aliphatic rings. The number of hydrogen-bond donors (Lipinski definition) is 3. The van der Waals surface area contributed by atoms with Crippen LogP contribution in [0.3, 0.4) is 0 Å². The minimum Gasteiger partial charge on any atom is -0.485 e. The Kier molecular flexibility index (Phi) is 3.68. The minimum atomic E-state index is -0.00440.